The molecule has 1 fully saturated rings. The zero-order chi connectivity index (χ0) is 22.1. The Balaban J connectivity index is 1.53. The smallest absolute Gasteiger partial charge is 0.153 e. The van der Waals surface area contributed by atoms with Gasteiger partial charge in [-0.1, -0.05) is 62.8 Å². The number of ether oxygens (including phenoxy) is 1. The van der Waals surface area contributed by atoms with Crippen LogP contribution in [0.2, 0.25) is 5.02 Å². The number of hydrogen-bond donors (Lipinski definition) is 0. The number of hydrogen-bond acceptors (Lipinski definition) is 1. The SMILES string of the molecule is C=CCCC1CCC(C2CC=C(c3ccc(OCCCCCC)c(Cl)c3F)CC2)CC1. The van der Waals surface area contributed by atoms with Gasteiger partial charge in [-0.05, 0) is 86.8 Å². The van der Waals surface area contributed by atoms with Crippen LogP contribution < -0.4 is 4.74 Å². The average Bonchev–Trinajstić information content (AvgIpc) is 2.81. The van der Waals surface area contributed by atoms with E-state index in [1.165, 1.54) is 51.4 Å². The molecule has 0 aromatic heterocycles. The molecule has 1 unspecified atom stereocenters. The minimum Gasteiger partial charge on any atom is -0.492 e. The Labute approximate surface area is 194 Å². The van der Waals surface area contributed by atoms with Crippen molar-refractivity contribution >= 4 is 17.2 Å². The second-order valence-corrected chi connectivity index (χ2v) is 9.94. The summed E-state index contributed by atoms with van der Waals surface area (Å²) >= 11 is 6.32. The second-order valence-electron chi connectivity index (χ2n) is 9.56. The van der Waals surface area contributed by atoms with Crippen molar-refractivity contribution in [2.24, 2.45) is 17.8 Å². The van der Waals surface area contributed by atoms with Crippen LogP contribution in [0.1, 0.15) is 96.0 Å². The summed E-state index contributed by atoms with van der Waals surface area (Å²) in [7, 11) is 0. The van der Waals surface area contributed by atoms with E-state index in [0.717, 1.165) is 55.4 Å². The summed E-state index contributed by atoms with van der Waals surface area (Å²) in [5, 5.41) is 0.133. The van der Waals surface area contributed by atoms with E-state index in [9.17, 15) is 0 Å². The van der Waals surface area contributed by atoms with Gasteiger partial charge in [0.15, 0.2) is 5.82 Å². The summed E-state index contributed by atoms with van der Waals surface area (Å²) in [6, 6.07) is 3.71. The summed E-state index contributed by atoms with van der Waals surface area (Å²) in [6.07, 6.45) is 20.0. The van der Waals surface area contributed by atoms with Gasteiger partial charge in [0.1, 0.15) is 10.8 Å². The number of unbranched alkanes of at least 4 members (excludes halogenated alkanes) is 3. The Morgan fingerprint density at radius 2 is 1.90 bits per heavy atom. The van der Waals surface area contributed by atoms with Crippen molar-refractivity contribution in [1.82, 2.24) is 0 Å². The predicted octanol–water partition coefficient (Wildman–Crippen LogP) is 9.39. The van der Waals surface area contributed by atoms with Crippen molar-refractivity contribution < 1.29 is 9.13 Å². The van der Waals surface area contributed by atoms with Crippen LogP contribution in [0.3, 0.4) is 0 Å². The summed E-state index contributed by atoms with van der Waals surface area (Å²) in [5.74, 6) is 2.65. The first kappa shape index (κ1) is 24.4. The lowest BCUT2D eigenvalue weighted by Crippen LogP contribution is -2.23. The molecular weight excluding hydrogens is 407 g/mol. The zero-order valence-corrected chi connectivity index (χ0v) is 20.1. The van der Waals surface area contributed by atoms with Crippen molar-refractivity contribution in [3.8, 4) is 5.75 Å². The van der Waals surface area contributed by atoms with Crippen LogP contribution in [-0.4, -0.2) is 6.61 Å². The van der Waals surface area contributed by atoms with E-state index in [-0.39, 0.29) is 10.8 Å². The van der Waals surface area contributed by atoms with E-state index < -0.39 is 0 Å². The van der Waals surface area contributed by atoms with Gasteiger partial charge in [0.05, 0.1) is 6.61 Å². The zero-order valence-electron chi connectivity index (χ0n) is 19.3. The molecule has 0 radical (unpaired) electrons. The van der Waals surface area contributed by atoms with E-state index in [2.05, 4.69) is 25.7 Å². The molecule has 3 heteroatoms. The van der Waals surface area contributed by atoms with Crippen LogP contribution in [0, 0.1) is 23.6 Å². The molecule has 0 bridgehead atoms. The lowest BCUT2D eigenvalue weighted by atomic mass is 9.70. The van der Waals surface area contributed by atoms with Gasteiger partial charge in [-0.25, -0.2) is 4.39 Å². The Morgan fingerprint density at radius 3 is 2.58 bits per heavy atom. The molecule has 1 atom stereocenters. The van der Waals surface area contributed by atoms with Crippen molar-refractivity contribution in [3.63, 3.8) is 0 Å². The molecule has 0 amide bonds. The molecule has 3 rings (SSSR count). The normalized spacial score (nSPS) is 24.0. The quantitative estimate of drug-likeness (QED) is 0.243. The third kappa shape index (κ3) is 6.85. The predicted molar refractivity (Wildman–Crippen MR) is 131 cm³/mol. The van der Waals surface area contributed by atoms with E-state index >= 15 is 4.39 Å². The molecule has 2 aliphatic carbocycles. The maximum Gasteiger partial charge on any atom is 0.153 e. The first-order valence-electron chi connectivity index (χ1n) is 12.5. The highest BCUT2D eigenvalue weighted by atomic mass is 35.5. The van der Waals surface area contributed by atoms with E-state index in [4.69, 9.17) is 16.3 Å². The third-order valence-electron chi connectivity index (χ3n) is 7.44. The lowest BCUT2D eigenvalue weighted by Gasteiger charge is -2.35. The second kappa shape index (κ2) is 12.7. The van der Waals surface area contributed by atoms with E-state index in [1.807, 2.05) is 12.1 Å². The number of halogens is 2. The molecule has 1 saturated carbocycles. The van der Waals surface area contributed by atoms with E-state index in [0.29, 0.717) is 17.9 Å². The largest absolute Gasteiger partial charge is 0.492 e. The van der Waals surface area contributed by atoms with Gasteiger partial charge in [-0.3, -0.25) is 0 Å². The molecule has 0 spiro atoms. The van der Waals surface area contributed by atoms with Crippen LogP contribution in [-0.2, 0) is 0 Å². The van der Waals surface area contributed by atoms with Crippen LogP contribution in [0.25, 0.3) is 5.57 Å². The third-order valence-corrected chi connectivity index (χ3v) is 7.79. The Hall–Kier alpha value is -1.28. The molecule has 1 aromatic carbocycles. The highest BCUT2D eigenvalue weighted by Crippen LogP contribution is 2.43. The molecule has 0 heterocycles. The first-order valence-corrected chi connectivity index (χ1v) is 12.9. The van der Waals surface area contributed by atoms with Gasteiger partial charge < -0.3 is 4.74 Å². The van der Waals surface area contributed by atoms with Gasteiger partial charge in [0, 0.05) is 5.56 Å². The Bertz CT molecular complexity index is 733. The van der Waals surface area contributed by atoms with Gasteiger partial charge >= 0.3 is 0 Å². The lowest BCUT2D eigenvalue weighted by molar-refractivity contribution is 0.190. The van der Waals surface area contributed by atoms with Gasteiger partial charge in [0.25, 0.3) is 0 Å². The van der Waals surface area contributed by atoms with Gasteiger partial charge in [0.2, 0.25) is 0 Å². The number of allylic oxidation sites excluding steroid dienone is 3. The molecule has 0 aliphatic heterocycles. The van der Waals surface area contributed by atoms with Crippen molar-refractivity contribution in [1.29, 1.82) is 0 Å². The topological polar surface area (TPSA) is 9.23 Å². The van der Waals surface area contributed by atoms with Crippen LogP contribution in [0.5, 0.6) is 5.75 Å². The van der Waals surface area contributed by atoms with Gasteiger partial charge in [-0.15, -0.1) is 6.58 Å². The van der Waals surface area contributed by atoms with Crippen molar-refractivity contribution in [3.05, 3.63) is 47.3 Å². The minimum absolute atomic E-state index is 0.133. The summed E-state index contributed by atoms with van der Waals surface area (Å²) in [5.41, 5.74) is 1.78. The Kier molecular flexibility index (Phi) is 9.96. The summed E-state index contributed by atoms with van der Waals surface area (Å²) in [6.45, 7) is 6.64. The Morgan fingerprint density at radius 1 is 1.10 bits per heavy atom. The molecule has 1 aromatic rings. The number of benzene rings is 1. The minimum atomic E-state index is -0.319. The highest BCUT2D eigenvalue weighted by molar-refractivity contribution is 6.32. The monoisotopic (exact) mass is 446 g/mol. The van der Waals surface area contributed by atoms with Crippen molar-refractivity contribution in [2.75, 3.05) is 6.61 Å². The standard InChI is InChI=1S/C28H40ClFO/c1-3-5-7-8-20-31-26-19-18-25(28(30)27(26)29)24-16-14-23(15-17-24)22-12-10-21(11-13-22)9-6-4-2/h4,16,18-19,21-23H,2-3,5-15,17,20H2,1H3. The van der Waals surface area contributed by atoms with Crippen LogP contribution in [0.15, 0.2) is 30.9 Å². The maximum atomic E-state index is 15.0. The summed E-state index contributed by atoms with van der Waals surface area (Å²) in [4.78, 5) is 0. The van der Waals surface area contributed by atoms with E-state index in [1.54, 1.807) is 0 Å². The molecular formula is C28H40ClFO. The first-order chi connectivity index (χ1) is 15.1. The molecule has 0 saturated heterocycles. The maximum absolute atomic E-state index is 15.0. The molecule has 31 heavy (non-hydrogen) atoms. The highest BCUT2D eigenvalue weighted by Gasteiger charge is 2.29. The molecule has 1 nitrogen and oxygen atoms in total. The van der Waals surface area contributed by atoms with Crippen LogP contribution >= 0.6 is 11.6 Å². The van der Waals surface area contributed by atoms with Gasteiger partial charge in [-0.2, -0.15) is 0 Å². The fraction of sp³-hybridized carbons (Fsp3) is 0.643. The summed E-state index contributed by atoms with van der Waals surface area (Å²) < 4.78 is 20.8. The molecule has 2 aliphatic rings. The number of rotatable bonds is 11. The fourth-order valence-corrected chi connectivity index (χ4v) is 5.65. The average molecular weight is 447 g/mol. The fourth-order valence-electron chi connectivity index (χ4n) is 5.43. The molecule has 172 valence electrons. The van der Waals surface area contributed by atoms with Crippen molar-refractivity contribution in [2.45, 2.75) is 90.4 Å². The molecule has 0 N–H and O–H groups in total. The van der Waals surface area contributed by atoms with Crippen LogP contribution in [0.4, 0.5) is 4.39 Å².